The Morgan fingerprint density at radius 3 is 1.78 bits per heavy atom. The predicted molar refractivity (Wildman–Crippen MR) is 212 cm³/mol. The maximum Gasteiger partial charge on any atom is 0.0683 e. The van der Waals surface area contributed by atoms with Gasteiger partial charge in [-0.3, -0.25) is 0 Å². The highest BCUT2D eigenvalue weighted by Crippen LogP contribution is 2.63. The van der Waals surface area contributed by atoms with Gasteiger partial charge < -0.3 is 4.90 Å². The van der Waals surface area contributed by atoms with Crippen molar-refractivity contribution >= 4 is 16.9 Å². The van der Waals surface area contributed by atoms with E-state index in [0.29, 0.717) is 0 Å². The molecule has 1 nitrogen and oxygen atoms in total. The first-order valence-electron chi connectivity index (χ1n) is 18.2. The molecule has 0 N–H and O–H groups in total. The van der Waals surface area contributed by atoms with Crippen LogP contribution < -0.4 is 4.90 Å². The lowest BCUT2D eigenvalue weighted by atomic mass is 9.60. The van der Waals surface area contributed by atoms with Crippen LogP contribution in [0.5, 0.6) is 0 Å². The van der Waals surface area contributed by atoms with Crippen molar-refractivity contribution in [1.82, 2.24) is 0 Å². The van der Waals surface area contributed by atoms with E-state index < -0.39 is 5.41 Å². The van der Waals surface area contributed by atoms with Crippen LogP contribution in [0.3, 0.4) is 0 Å². The first kappa shape index (κ1) is 29.9. The van der Waals surface area contributed by atoms with Crippen molar-refractivity contribution in [3.05, 3.63) is 233 Å². The van der Waals surface area contributed by atoms with Crippen LogP contribution in [0.15, 0.2) is 199 Å². The minimum absolute atomic E-state index is 0.104. The summed E-state index contributed by atoms with van der Waals surface area (Å²) >= 11 is 0. The van der Waals surface area contributed by atoms with E-state index >= 15 is 0 Å². The number of hydrogen-bond acceptors (Lipinski definition) is 1. The number of anilines is 2. The molecule has 0 saturated carbocycles. The summed E-state index contributed by atoms with van der Waals surface area (Å²) in [6.07, 6.45) is 11.9. The maximum atomic E-state index is 2.58. The quantitative estimate of drug-likeness (QED) is 0.179. The fourth-order valence-corrected chi connectivity index (χ4v) is 9.79. The molecule has 0 bridgehead atoms. The van der Waals surface area contributed by atoms with E-state index in [1.54, 1.807) is 0 Å². The van der Waals surface area contributed by atoms with E-state index in [9.17, 15) is 0 Å². The second kappa shape index (κ2) is 11.3. The van der Waals surface area contributed by atoms with E-state index in [1.807, 2.05) is 0 Å². The molecule has 0 aromatic heterocycles. The van der Waals surface area contributed by atoms with Crippen molar-refractivity contribution in [3.8, 4) is 11.1 Å². The van der Waals surface area contributed by atoms with Crippen molar-refractivity contribution in [2.75, 3.05) is 4.90 Å². The van der Waals surface area contributed by atoms with Crippen molar-refractivity contribution in [3.63, 3.8) is 0 Å². The van der Waals surface area contributed by atoms with Gasteiger partial charge in [-0.05, 0) is 62.7 Å². The topological polar surface area (TPSA) is 3.24 Å². The number of allylic oxidation sites excluding steroid dienone is 7. The molecule has 0 aliphatic heterocycles. The molecule has 1 heteroatoms. The summed E-state index contributed by atoms with van der Waals surface area (Å²) in [7, 11) is 0. The summed E-state index contributed by atoms with van der Waals surface area (Å²) in [5.41, 5.74) is 16.5. The SMILES string of the molecule is CC1(C)c2ccccc2-c2c(N(C3=CC4C=CC=CC4C4=C3c3ccccc3C4(c3ccccc3)c3ccccc3)c3ccccc3)cccc21. The molecule has 0 spiro atoms. The third kappa shape index (κ3) is 4.15. The van der Waals surface area contributed by atoms with Gasteiger partial charge in [-0.15, -0.1) is 0 Å². The highest BCUT2D eigenvalue weighted by molar-refractivity contribution is 6.01. The van der Waals surface area contributed by atoms with Crippen LogP contribution in [-0.2, 0) is 10.8 Å². The van der Waals surface area contributed by atoms with E-state index in [4.69, 9.17) is 0 Å². The summed E-state index contributed by atoms with van der Waals surface area (Å²) < 4.78 is 0. The van der Waals surface area contributed by atoms with Gasteiger partial charge in [-0.25, -0.2) is 0 Å². The van der Waals surface area contributed by atoms with Crippen molar-refractivity contribution in [2.45, 2.75) is 24.7 Å². The number of benzene rings is 6. The van der Waals surface area contributed by atoms with Gasteiger partial charge in [0.1, 0.15) is 0 Å². The summed E-state index contributed by atoms with van der Waals surface area (Å²) in [4.78, 5) is 2.58. The van der Waals surface area contributed by atoms with E-state index in [-0.39, 0.29) is 17.3 Å². The van der Waals surface area contributed by atoms with Crippen LogP contribution in [0.1, 0.15) is 47.2 Å². The molecular weight excluding hydrogens is 615 g/mol. The predicted octanol–water partition coefficient (Wildman–Crippen LogP) is 12.2. The largest absolute Gasteiger partial charge is 0.310 e. The number of rotatable bonds is 5. The van der Waals surface area contributed by atoms with E-state index in [0.717, 1.165) is 5.69 Å². The average molecular weight is 654 g/mol. The van der Waals surface area contributed by atoms with Gasteiger partial charge in [0, 0.05) is 34.1 Å². The molecule has 4 aliphatic rings. The molecule has 2 atom stereocenters. The van der Waals surface area contributed by atoms with Crippen LogP contribution in [0.25, 0.3) is 16.7 Å². The number of hydrogen-bond donors (Lipinski definition) is 0. The van der Waals surface area contributed by atoms with Crippen LogP contribution in [0.4, 0.5) is 11.4 Å². The average Bonchev–Trinajstić information content (AvgIpc) is 3.64. The Labute approximate surface area is 301 Å². The molecule has 0 heterocycles. The summed E-state index contributed by atoms with van der Waals surface area (Å²) in [6.45, 7) is 4.75. The Hall–Kier alpha value is -5.92. The molecule has 0 amide bonds. The van der Waals surface area contributed by atoms with Crippen LogP contribution in [-0.4, -0.2) is 0 Å². The summed E-state index contributed by atoms with van der Waals surface area (Å²) in [5.74, 6) is 0.386. The molecule has 0 saturated heterocycles. The first-order valence-corrected chi connectivity index (χ1v) is 18.2. The highest BCUT2D eigenvalue weighted by atomic mass is 15.2. The molecule has 0 fully saturated rings. The number of fused-ring (bicyclic) bond motifs is 7. The summed E-state index contributed by atoms with van der Waals surface area (Å²) in [5, 5.41) is 0. The van der Waals surface area contributed by atoms with Crippen LogP contribution in [0.2, 0.25) is 0 Å². The Balaban J connectivity index is 1.34. The van der Waals surface area contributed by atoms with Crippen molar-refractivity contribution < 1.29 is 0 Å². The maximum absolute atomic E-state index is 2.58. The molecule has 10 rings (SSSR count). The van der Waals surface area contributed by atoms with Gasteiger partial charge in [0.25, 0.3) is 0 Å². The highest BCUT2D eigenvalue weighted by Gasteiger charge is 2.53. The lowest BCUT2D eigenvalue weighted by Gasteiger charge is -2.43. The Kier molecular flexibility index (Phi) is 6.64. The number of nitrogens with zero attached hydrogens (tertiary/aromatic N) is 1. The smallest absolute Gasteiger partial charge is 0.0683 e. The van der Waals surface area contributed by atoms with Gasteiger partial charge in [-0.2, -0.15) is 0 Å². The van der Waals surface area contributed by atoms with Gasteiger partial charge in [-0.1, -0.05) is 184 Å². The number of para-hydroxylation sites is 1. The molecular formula is C50H39N. The minimum atomic E-state index is -0.470. The van der Waals surface area contributed by atoms with Gasteiger partial charge >= 0.3 is 0 Å². The molecule has 6 aromatic carbocycles. The van der Waals surface area contributed by atoms with Crippen molar-refractivity contribution in [2.24, 2.45) is 11.8 Å². The molecule has 6 aromatic rings. The van der Waals surface area contributed by atoms with E-state index in [2.05, 4.69) is 207 Å². The minimum Gasteiger partial charge on any atom is -0.310 e. The molecule has 244 valence electrons. The third-order valence-corrected chi connectivity index (χ3v) is 11.9. The zero-order chi connectivity index (χ0) is 34.2. The Bertz CT molecular complexity index is 2400. The van der Waals surface area contributed by atoms with Gasteiger partial charge in [0.2, 0.25) is 0 Å². The Morgan fingerprint density at radius 2 is 1.08 bits per heavy atom. The molecule has 4 aliphatic carbocycles. The second-order valence-corrected chi connectivity index (χ2v) is 14.8. The zero-order valence-corrected chi connectivity index (χ0v) is 29.0. The lowest BCUT2D eigenvalue weighted by molar-refractivity contribution is 0.549. The normalized spacial score (nSPS) is 19.8. The zero-order valence-electron chi connectivity index (χ0n) is 29.0. The van der Waals surface area contributed by atoms with Gasteiger partial charge in [0.05, 0.1) is 16.8 Å². The van der Waals surface area contributed by atoms with E-state index in [1.165, 1.54) is 67.0 Å². The first-order chi connectivity index (χ1) is 25.1. The monoisotopic (exact) mass is 653 g/mol. The fraction of sp³-hybridized carbons (Fsp3) is 0.120. The molecule has 0 radical (unpaired) electrons. The molecule has 51 heavy (non-hydrogen) atoms. The van der Waals surface area contributed by atoms with Crippen LogP contribution in [0, 0.1) is 11.8 Å². The second-order valence-electron chi connectivity index (χ2n) is 14.8. The standard InChI is InChI=1S/C50H39N/c1-49(2)41-29-16-14-27-39(41)46-43(49)31-18-32-44(46)51(37-24-10-5-11-25-37)45-33-34-19-12-13-26-38(34)48-47(45)40-28-15-17-30-42(40)50(48,35-20-6-3-7-21-35)36-22-8-4-9-23-36/h3-34,38H,1-2H3. The summed E-state index contributed by atoms with van der Waals surface area (Å²) in [6, 6.07) is 58.7. The lowest BCUT2D eigenvalue weighted by Crippen LogP contribution is -2.36. The fourth-order valence-electron chi connectivity index (χ4n) is 9.79. The van der Waals surface area contributed by atoms with Crippen molar-refractivity contribution in [1.29, 1.82) is 0 Å². The Morgan fingerprint density at radius 1 is 0.510 bits per heavy atom. The van der Waals surface area contributed by atoms with Crippen LogP contribution >= 0.6 is 0 Å². The third-order valence-electron chi connectivity index (χ3n) is 11.9. The molecule has 2 unspecified atom stereocenters. The van der Waals surface area contributed by atoms with Gasteiger partial charge in [0.15, 0.2) is 0 Å².